The average molecular weight is 250 g/mol. The van der Waals surface area contributed by atoms with Crippen molar-refractivity contribution in [3.05, 3.63) is 23.3 Å². The number of fused-ring (bicyclic) bond motifs is 1. The van der Waals surface area contributed by atoms with E-state index in [1.807, 2.05) is 18.8 Å². The second-order valence-electron chi connectivity index (χ2n) is 4.81. The van der Waals surface area contributed by atoms with Gasteiger partial charge in [0, 0.05) is 29.8 Å². The molecule has 17 heavy (non-hydrogen) atoms. The normalized spacial score (nSPS) is 19.3. The number of likely N-dealkylation sites (N-methyl/N-ethyl adjacent to an activating group) is 1. The van der Waals surface area contributed by atoms with Crippen LogP contribution >= 0.6 is 11.8 Å². The number of anilines is 1. The first-order valence-corrected chi connectivity index (χ1v) is 7.28. The zero-order valence-corrected chi connectivity index (χ0v) is 12.0. The van der Waals surface area contributed by atoms with Crippen LogP contribution in [0.25, 0.3) is 0 Å². The fourth-order valence-corrected chi connectivity index (χ4v) is 3.51. The van der Waals surface area contributed by atoms with Gasteiger partial charge in [-0.3, -0.25) is 0 Å². The lowest BCUT2D eigenvalue weighted by Crippen LogP contribution is -2.42. The van der Waals surface area contributed by atoms with Crippen LogP contribution in [0.2, 0.25) is 0 Å². The summed E-state index contributed by atoms with van der Waals surface area (Å²) in [7, 11) is 2.02. The lowest BCUT2D eigenvalue weighted by molar-refractivity contribution is 0.646. The molecule has 2 nitrogen and oxygen atoms in total. The molecular formula is C14H22N2S. The van der Waals surface area contributed by atoms with Gasteiger partial charge in [-0.15, -0.1) is 11.8 Å². The Morgan fingerprint density at radius 2 is 2.18 bits per heavy atom. The minimum absolute atomic E-state index is 0.626. The van der Waals surface area contributed by atoms with Gasteiger partial charge < -0.3 is 10.2 Å². The zero-order chi connectivity index (χ0) is 12.4. The molecule has 1 aromatic rings. The molecule has 0 radical (unpaired) electrons. The molecule has 1 aliphatic heterocycles. The highest BCUT2D eigenvalue weighted by molar-refractivity contribution is 7.99. The van der Waals surface area contributed by atoms with Crippen LogP contribution < -0.4 is 10.2 Å². The highest BCUT2D eigenvalue weighted by atomic mass is 32.2. The van der Waals surface area contributed by atoms with E-state index in [-0.39, 0.29) is 0 Å². The van der Waals surface area contributed by atoms with Gasteiger partial charge in [0.2, 0.25) is 0 Å². The minimum atomic E-state index is 0.626. The van der Waals surface area contributed by atoms with Gasteiger partial charge in [0.1, 0.15) is 0 Å². The first-order valence-electron chi connectivity index (χ1n) is 6.29. The second kappa shape index (κ2) is 5.32. The molecule has 0 fully saturated rings. The third kappa shape index (κ3) is 2.45. The van der Waals surface area contributed by atoms with Crippen LogP contribution in [0.1, 0.15) is 18.1 Å². The van der Waals surface area contributed by atoms with E-state index in [2.05, 4.69) is 43.1 Å². The zero-order valence-electron chi connectivity index (χ0n) is 11.2. The predicted molar refractivity (Wildman–Crippen MR) is 77.4 cm³/mol. The quantitative estimate of drug-likeness (QED) is 0.888. The smallest absolute Gasteiger partial charge is 0.0539 e. The number of benzene rings is 1. The summed E-state index contributed by atoms with van der Waals surface area (Å²) >= 11 is 1.99. The number of rotatable bonds is 3. The number of hydrogen-bond acceptors (Lipinski definition) is 3. The van der Waals surface area contributed by atoms with E-state index in [0.29, 0.717) is 6.04 Å². The molecule has 0 aliphatic carbocycles. The molecule has 1 N–H and O–H groups in total. The molecule has 3 heteroatoms. The third-order valence-corrected chi connectivity index (χ3v) is 4.86. The Labute approximate surface area is 109 Å². The SMILES string of the molecule is CNCCN1c2c(ccc(C)c2C)SCC1C. The standard InChI is InChI=1S/C14H22N2S/c1-10-5-6-13-14(12(10)3)16(8-7-15-4)11(2)9-17-13/h5-6,11,15H,7-9H2,1-4H3. The van der Waals surface area contributed by atoms with E-state index >= 15 is 0 Å². The second-order valence-corrected chi connectivity index (χ2v) is 5.87. The monoisotopic (exact) mass is 250 g/mol. The molecule has 1 aromatic carbocycles. The average Bonchev–Trinajstić information content (AvgIpc) is 2.33. The summed E-state index contributed by atoms with van der Waals surface area (Å²) < 4.78 is 0. The van der Waals surface area contributed by atoms with Gasteiger partial charge in [0.05, 0.1) is 5.69 Å². The van der Waals surface area contributed by atoms with E-state index in [9.17, 15) is 0 Å². The van der Waals surface area contributed by atoms with Gasteiger partial charge in [-0.2, -0.15) is 0 Å². The lowest BCUT2D eigenvalue weighted by atomic mass is 10.1. The topological polar surface area (TPSA) is 15.3 Å². The summed E-state index contributed by atoms with van der Waals surface area (Å²) in [6, 6.07) is 5.15. The van der Waals surface area contributed by atoms with E-state index in [4.69, 9.17) is 0 Å². The first-order chi connectivity index (χ1) is 8.15. The Kier molecular flexibility index (Phi) is 4.00. The third-order valence-electron chi connectivity index (χ3n) is 3.57. The minimum Gasteiger partial charge on any atom is -0.366 e. The van der Waals surface area contributed by atoms with Gasteiger partial charge in [-0.25, -0.2) is 0 Å². The molecule has 0 saturated carbocycles. The number of nitrogens with one attached hydrogen (secondary N) is 1. The van der Waals surface area contributed by atoms with Gasteiger partial charge in [-0.05, 0) is 45.0 Å². The predicted octanol–water partition coefficient (Wildman–Crippen LogP) is 2.82. The van der Waals surface area contributed by atoms with Gasteiger partial charge in [0.25, 0.3) is 0 Å². The summed E-state index contributed by atoms with van der Waals surface area (Å²) in [5.74, 6) is 1.19. The van der Waals surface area contributed by atoms with Gasteiger partial charge >= 0.3 is 0 Å². The molecule has 94 valence electrons. The lowest BCUT2D eigenvalue weighted by Gasteiger charge is -2.38. The van der Waals surface area contributed by atoms with Crippen molar-refractivity contribution in [3.8, 4) is 0 Å². The van der Waals surface area contributed by atoms with Crippen LogP contribution in [0.3, 0.4) is 0 Å². The highest BCUT2D eigenvalue weighted by Crippen LogP contribution is 2.40. The number of aryl methyl sites for hydroxylation is 1. The van der Waals surface area contributed by atoms with Crippen molar-refractivity contribution >= 4 is 17.4 Å². The number of nitrogens with zero attached hydrogens (tertiary/aromatic N) is 1. The van der Waals surface area contributed by atoms with Crippen molar-refractivity contribution in [3.63, 3.8) is 0 Å². The molecule has 1 aliphatic rings. The van der Waals surface area contributed by atoms with Crippen LogP contribution in [0.15, 0.2) is 17.0 Å². The van der Waals surface area contributed by atoms with Crippen LogP contribution in [0.4, 0.5) is 5.69 Å². The summed E-state index contributed by atoms with van der Waals surface area (Å²) in [5, 5.41) is 3.25. The van der Waals surface area contributed by atoms with E-state index < -0.39 is 0 Å². The molecule has 0 bridgehead atoms. The van der Waals surface area contributed by atoms with Crippen LogP contribution in [0, 0.1) is 13.8 Å². The van der Waals surface area contributed by atoms with Gasteiger partial charge in [0.15, 0.2) is 0 Å². The van der Waals surface area contributed by atoms with Gasteiger partial charge in [-0.1, -0.05) is 6.07 Å². The van der Waals surface area contributed by atoms with Crippen LogP contribution in [0.5, 0.6) is 0 Å². The fraction of sp³-hybridized carbons (Fsp3) is 0.571. The Bertz CT molecular complexity index is 403. The molecule has 1 atom stereocenters. The fourth-order valence-electron chi connectivity index (χ4n) is 2.33. The molecule has 1 heterocycles. The summed E-state index contributed by atoms with van der Waals surface area (Å²) in [6.45, 7) is 8.92. The summed E-state index contributed by atoms with van der Waals surface area (Å²) in [5.41, 5.74) is 4.30. The molecule has 0 amide bonds. The molecule has 0 aromatic heterocycles. The van der Waals surface area contributed by atoms with Crippen LogP contribution in [-0.2, 0) is 0 Å². The van der Waals surface area contributed by atoms with E-state index in [1.54, 1.807) is 0 Å². The highest BCUT2D eigenvalue weighted by Gasteiger charge is 2.25. The molecule has 0 spiro atoms. The van der Waals surface area contributed by atoms with Crippen molar-refractivity contribution in [2.75, 3.05) is 30.8 Å². The Morgan fingerprint density at radius 1 is 1.41 bits per heavy atom. The summed E-state index contributed by atoms with van der Waals surface area (Å²) in [4.78, 5) is 4.01. The number of hydrogen-bond donors (Lipinski definition) is 1. The molecule has 1 unspecified atom stereocenters. The van der Waals surface area contributed by atoms with Crippen LogP contribution in [-0.4, -0.2) is 31.9 Å². The Hall–Kier alpha value is -0.670. The van der Waals surface area contributed by atoms with Crippen molar-refractivity contribution in [1.82, 2.24) is 5.32 Å². The van der Waals surface area contributed by atoms with Crippen molar-refractivity contribution in [2.45, 2.75) is 31.7 Å². The Morgan fingerprint density at radius 3 is 2.88 bits per heavy atom. The molecule has 0 saturated heterocycles. The van der Waals surface area contributed by atoms with Crippen molar-refractivity contribution < 1.29 is 0 Å². The van der Waals surface area contributed by atoms with E-state index in [0.717, 1.165) is 13.1 Å². The molecular weight excluding hydrogens is 228 g/mol. The maximum Gasteiger partial charge on any atom is 0.0539 e. The molecule has 2 rings (SSSR count). The maximum atomic E-state index is 3.25. The van der Waals surface area contributed by atoms with Crippen molar-refractivity contribution in [1.29, 1.82) is 0 Å². The Balaban J connectivity index is 2.38. The largest absolute Gasteiger partial charge is 0.366 e. The van der Waals surface area contributed by atoms with Crippen molar-refractivity contribution in [2.24, 2.45) is 0 Å². The first kappa shape index (κ1) is 12.8. The number of thioether (sulfide) groups is 1. The van der Waals surface area contributed by atoms with E-state index in [1.165, 1.54) is 27.5 Å². The summed E-state index contributed by atoms with van der Waals surface area (Å²) in [6.07, 6.45) is 0. The maximum absolute atomic E-state index is 3.25.